The van der Waals surface area contributed by atoms with E-state index >= 15 is 0 Å². The minimum atomic E-state index is -0.718. The van der Waals surface area contributed by atoms with Crippen LogP contribution in [0.2, 0.25) is 0 Å². The van der Waals surface area contributed by atoms with Crippen LogP contribution in [-0.4, -0.2) is 35.4 Å². The lowest BCUT2D eigenvalue weighted by atomic mass is 9.87. The molecule has 1 aromatic rings. The van der Waals surface area contributed by atoms with E-state index in [1.165, 1.54) is 6.42 Å². The van der Waals surface area contributed by atoms with Crippen LogP contribution >= 0.6 is 0 Å². The average molecular weight is 416 g/mol. The number of carbonyl (C=O) groups excluding carboxylic acids is 2. The van der Waals surface area contributed by atoms with Crippen LogP contribution in [0.25, 0.3) is 0 Å². The van der Waals surface area contributed by atoms with Gasteiger partial charge in [-0.05, 0) is 69.2 Å². The summed E-state index contributed by atoms with van der Waals surface area (Å²) in [5, 5.41) is 12.0. The SMILES string of the molecule is O=C(CCCNC(=O)C1CCCCC1)c1ccc(OC2CCC(C(=O)O)CC2)cc1. The number of ether oxygens (including phenoxy) is 1. The van der Waals surface area contributed by atoms with Gasteiger partial charge in [0.25, 0.3) is 0 Å². The van der Waals surface area contributed by atoms with E-state index in [0.717, 1.165) is 38.5 Å². The third-order valence-corrected chi connectivity index (χ3v) is 6.36. The molecule has 2 aliphatic rings. The molecule has 0 spiro atoms. The summed E-state index contributed by atoms with van der Waals surface area (Å²) in [7, 11) is 0. The summed E-state index contributed by atoms with van der Waals surface area (Å²) in [4.78, 5) is 35.5. The number of ketones is 1. The third kappa shape index (κ3) is 6.57. The summed E-state index contributed by atoms with van der Waals surface area (Å²) >= 11 is 0. The number of carboxylic acid groups (broad SMARTS) is 1. The van der Waals surface area contributed by atoms with Gasteiger partial charge in [0.2, 0.25) is 5.91 Å². The Hall–Kier alpha value is -2.37. The van der Waals surface area contributed by atoms with Gasteiger partial charge in [0.1, 0.15) is 5.75 Å². The molecule has 6 heteroatoms. The first-order chi connectivity index (χ1) is 14.5. The maximum atomic E-state index is 12.4. The van der Waals surface area contributed by atoms with Crippen LogP contribution in [0.4, 0.5) is 0 Å². The second-order valence-electron chi connectivity index (χ2n) is 8.61. The van der Waals surface area contributed by atoms with Gasteiger partial charge in [-0.25, -0.2) is 0 Å². The number of hydrogen-bond donors (Lipinski definition) is 2. The number of Topliss-reactive ketones (excluding diaryl/α,β-unsaturated/α-hetero) is 1. The number of hydrogen-bond acceptors (Lipinski definition) is 4. The second-order valence-corrected chi connectivity index (χ2v) is 8.61. The van der Waals surface area contributed by atoms with Crippen LogP contribution in [0.1, 0.15) is 81.0 Å². The van der Waals surface area contributed by atoms with Crippen molar-refractivity contribution >= 4 is 17.7 Å². The lowest BCUT2D eigenvalue weighted by Gasteiger charge is -2.26. The second kappa shape index (κ2) is 11.1. The highest BCUT2D eigenvalue weighted by Crippen LogP contribution is 2.28. The van der Waals surface area contributed by atoms with Crippen molar-refractivity contribution in [3.63, 3.8) is 0 Å². The normalized spacial score (nSPS) is 22.3. The Bertz CT molecular complexity index is 716. The Morgan fingerprint density at radius 2 is 1.57 bits per heavy atom. The number of carbonyl (C=O) groups is 3. The zero-order valence-electron chi connectivity index (χ0n) is 17.6. The quantitative estimate of drug-likeness (QED) is 0.461. The van der Waals surface area contributed by atoms with Gasteiger partial charge >= 0.3 is 5.97 Å². The van der Waals surface area contributed by atoms with E-state index in [2.05, 4.69) is 5.32 Å². The zero-order valence-corrected chi connectivity index (χ0v) is 17.6. The number of benzene rings is 1. The zero-order chi connectivity index (χ0) is 21.3. The van der Waals surface area contributed by atoms with Gasteiger partial charge in [-0.2, -0.15) is 0 Å². The predicted octanol–water partition coefficient (Wildman–Crippen LogP) is 4.37. The topological polar surface area (TPSA) is 92.7 Å². The van der Waals surface area contributed by atoms with Gasteiger partial charge in [0.15, 0.2) is 5.78 Å². The number of rotatable bonds is 9. The van der Waals surface area contributed by atoms with E-state index in [4.69, 9.17) is 9.84 Å². The molecule has 30 heavy (non-hydrogen) atoms. The molecule has 2 N–H and O–H groups in total. The smallest absolute Gasteiger partial charge is 0.306 e. The summed E-state index contributed by atoms with van der Waals surface area (Å²) in [6, 6.07) is 7.17. The van der Waals surface area contributed by atoms with Crippen molar-refractivity contribution in [2.45, 2.75) is 76.7 Å². The summed E-state index contributed by atoms with van der Waals surface area (Å²) in [5.74, 6) is 0.102. The molecule has 0 aliphatic heterocycles. The predicted molar refractivity (Wildman–Crippen MR) is 114 cm³/mol. The van der Waals surface area contributed by atoms with Gasteiger partial charge in [0, 0.05) is 24.4 Å². The van der Waals surface area contributed by atoms with E-state index in [0.29, 0.717) is 43.5 Å². The molecule has 3 rings (SSSR count). The molecule has 1 aromatic carbocycles. The van der Waals surface area contributed by atoms with Gasteiger partial charge in [-0.3, -0.25) is 14.4 Å². The molecule has 164 valence electrons. The number of amides is 1. The van der Waals surface area contributed by atoms with Crippen molar-refractivity contribution in [2.24, 2.45) is 11.8 Å². The van der Waals surface area contributed by atoms with Crippen molar-refractivity contribution in [3.05, 3.63) is 29.8 Å². The van der Waals surface area contributed by atoms with Crippen LogP contribution in [0.15, 0.2) is 24.3 Å². The van der Waals surface area contributed by atoms with Gasteiger partial charge < -0.3 is 15.2 Å². The molecule has 0 radical (unpaired) electrons. The molecule has 0 unspecified atom stereocenters. The summed E-state index contributed by atoms with van der Waals surface area (Å²) in [6.07, 6.45) is 9.34. The Morgan fingerprint density at radius 1 is 0.900 bits per heavy atom. The largest absolute Gasteiger partial charge is 0.490 e. The minimum Gasteiger partial charge on any atom is -0.490 e. The van der Waals surface area contributed by atoms with Crippen LogP contribution < -0.4 is 10.1 Å². The van der Waals surface area contributed by atoms with Crippen molar-refractivity contribution in [3.8, 4) is 5.75 Å². The molecule has 0 atom stereocenters. The molecule has 0 heterocycles. The van der Waals surface area contributed by atoms with E-state index in [-0.39, 0.29) is 29.6 Å². The molecular weight excluding hydrogens is 382 g/mol. The fraction of sp³-hybridized carbons (Fsp3) is 0.625. The standard InChI is InChI=1S/C24H33NO5/c26-22(7-4-16-25-23(27)18-5-2-1-3-6-18)17-8-12-20(13-9-17)30-21-14-10-19(11-15-21)24(28)29/h8-9,12-13,18-19,21H,1-7,10-11,14-16H2,(H,25,27)(H,28,29). The molecule has 1 amide bonds. The van der Waals surface area contributed by atoms with E-state index in [1.807, 2.05) is 0 Å². The number of carboxylic acids is 1. The average Bonchev–Trinajstić information content (AvgIpc) is 2.78. The van der Waals surface area contributed by atoms with Crippen molar-refractivity contribution in [2.75, 3.05) is 6.54 Å². The summed E-state index contributed by atoms with van der Waals surface area (Å²) in [5.41, 5.74) is 0.649. The number of aliphatic carboxylic acids is 1. The highest BCUT2D eigenvalue weighted by atomic mass is 16.5. The van der Waals surface area contributed by atoms with Crippen LogP contribution in [0.5, 0.6) is 5.75 Å². The Kier molecular flexibility index (Phi) is 8.29. The van der Waals surface area contributed by atoms with Crippen molar-refractivity contribution < 1.29 is 24.2 Å². The monoisotopic (exact) mass is 415 g/mol. The molecule has 2 saturated carbocycles. The summed E-state index contributed by atoms with van der Waals surface area (Å²) in [6.45, 7) is 0.543. The van der Waals surface area contributed by atoms with Gasteiger partial charge in [-0.1, -0.05) is 19.3 Å². The lowest BCUT2D eigenvalue weighted by Crippen LogP contribution is -2.32. The Balaban J connectivity index is 1.35. The fourth-order valence-corrected chi connectivity index (χ4v) is 4.45. The molecule has 6 nitrogen and oxygen atoms in total. The van der Waals surface area contributed by atoms with Gasteiger partial charge in [0.05, 0.1) is 12.0 Å². The molecule has 0 saturated heterocycles. The highest BCUT2D eigenvalue weighted by molar-refractivity contribution is 5.96. The maximum absolute atomic E-state index is 12.4. The van der Waals surface area contributed by atoms with Gasteiger partial charge in [-0.15, -0.1) is 0 Å². The van der Waals surface area contributed by atoms with E-state index < -0.39 is 5.97 Å². The molecule has 2 aliphatic carbocycles. The summed E-state index contributed by atoms with van der Waals surface area (Å²) < 4.78 is 5.95. The van der Waals surface area contributed by atoms with Crippen molar-refractivity contribution in [1.29, 1.82) is 0 Å². The first-order valence-electron chi connectivity index (χ1n) is 11.3. The first-order valence-corrected chi connectivity index (χ1v) is 11.3. The van der Waals surface area contributed by atoms with Crippen LogP contribution in [-0.2, 0) is 9.59 Å². The Labute approximate surface area is 178 Å². The molecule has 0 aromatic heterocycles. The van der Waals surface area contributed by atoms with E-state index in [9.17, 15) is 14.4 Å². The third-order valence-electron chi connectivity index (χ3n) is 6.36. The fourth-order valence-electron chi connectivity index (χ4n) is 4.45. The van der Waals surface area contributed by atoms with Crippen LogP contribution in [0.3, 0.4) is 0 Å². The Morgan fingerprint density at radius 3 is 2.20 bits per heavy atom. The van der Waals surface area contributed by atoms with Crippen molar-refractivity contribution in [1.82, 2.24) is 5.32 Å². The molecule has 2 fully saturated rings. The minimum absolute atomic E-state index is 0.0370. The lowest BCUT2D eigenvalue weighted by molar-refractivity contribution is -0.143. The first kappa shape index (κ1) is 22.3. The van der Waals surface area contributed by atoms with E-state index in [1.54, 1.807) is 24.3 Å². The number of nitrogens with one attached hydrogen (secondary N) is 1. The highest BCUT2D eigenvalue weighted by Gasteiger charge is 2.27. The maximum Gasteiger partial charge on any atom is 0.306 e. The molecule has 0 bridgehead atoms. The molecular formula is C24H33NO5. The van der Waals surface area contributed by atoms with Crippen LogP contribution in [0, 0.1) is 11.8 Å².